The number of hydrogen-bond acceptors (Lipinski definition) is 2. The average molecular weight is 374 g/mol. The third-order valence-corrected chi connectivity index (χ3v) is 7.56. The Morgan fingerprint density at radius 3 is 1.59 bits per heavy atom. The van der Waals surface area contributed by atoms with Gasteiger partial charge in [0, 0.05) is 10.6 Å². The molecule has 136 valence electrons. The minimum Gasteiger partial charge on any atom is -0.296 e. The summed E-state index contributed by atoms with van der Waals surface area (Å²) in [5, 5.41) is 14.9. The number of nitrogens with one attached hydrogen (secondary N) is 1. The molecular formula is C23H23N2OP. The van der Waals surface area contributed by atoms with Crippen molar-refractivity contribution in [2.45, 2.75) is 19.4 Å². The molecule has 0 amide bonds. The van der Waals surface area contributed by atoms with Crippen LogP contribution in [0.5, 0.6) is 0 Å². The van der Waals surface area contributed by atoms with Crippen molar-refractivity contribution >= 4 is 17.9 Å². The zero-order valence-electron chi connectivity index (χ0n) is 15.5. The van der Waals surface area contributed by atoms with Gasteiger partial charge in [-0.15, -0.1) is 0 Å². The first-order chi connectivity index (χ1) is 13.0. The van der Waals surface area contributed by atoms with E-state index in [-0.39, 0.29) is 5.92 Å². The maximum absolute atomic E-state index is 14.4. The summed E-state index contributed by atoms with van der Waals surface area (Å²) in [5.74, 6) is -0.0920. The summed E-state index contributed by atoms with van der Waals surface area (Å²) in [5.41, 5.74) is -0.266. The molecule has 0 radical (unpaired) electrons. The molecule has 0 aliphatic heterocycles. The van der Waals surface area contributed by atoms with E-state index in [0.29, 0.717) is 10.6 Å². The van der Waals surface area contributed by atoms with Gasteiger partial charge in [-0.1, -0.05) is 80.6 Å². The van der Waals surface area contributed by atoms with Gasteiger partial charge in [0.2, 0.25) is 7.29 Å². The predicted octanol–water partition coefficient (Wildman–Crippen LogP) is 4.58. The second-order valence-electron chi connectivity index (χ2n) is 6.83. The van der Waals surface area contributed by atoms with E-state index in [9.17, 15) is 9.83 Å². The topological polar surface area (TPSA) is 52.9 Å². The summed E-state index contributed by atoms with van der Waals surface area (Å²) in [7, 11) is -3.25. The molecular weight excluding hydrogens is 351 g/mol. The molecule has 4 heteroatoms. The zero-order chi connectivity index (χ0) is 19.3. The van der Waals surface area contributed by atoms with E-state index in [2.05, 4.69) is 11.2 Å². The average Bonchev–Trinajstić information content (AvgIpc) is 2.73. The zero-order valence-corrected chi connectivity index (χ0v) is 16.4. The normalized spacial score (nSPS) is 13.7. The third-order valence-electron chi connectivity index (χ3n) is 4.84. The Labute approximate surface area is 161 Å². The lowest BCUT2D eigenvalue weighted by molar-refractivity contribution is 0.371. The summed E-state index contributed by atoms with van der Waals surface area (Å²) in [6, 6.07) is 30.7. The Balaban J connectivity index is 2.22. The molecule has 0 aromatic heterocycles. The first-order valence-electron chi connectivity index (χ1n) is 9.00. The van der Waals surface area contributed by atoms with Gasteiger partial charge in [0.25, 0.3) is 0 Å². The Bertz CT molecular complexity index is 922. The SMILES string of the molecule is CC(C)[C@](C#N)(NP(=O)(c1ccccc1)c1ccccc1)c1ccccc1. The second kappa shape index (κ2) is 7.92. The fourth-order valence-electron chi connectivity index (χ4n) is 3.25. The Morgan fingerprint density at radius 1 is 0.815 bits per heavy atom. The van der Waals surface area contributed by atoms with Crippen LogP contribution in [0.4, 0.5) is 0 Å². The molecule has 0 fully saturated rings. The largest absolute Gasteiger partial charge is 0.296 e. The highest BCUT2D eigenvalue weighted by Gasteiger charge is 2.43. The van der Waals surface area contributed by atoms with Gasteiger partial charge in [-0.05, 0) is 35.7 Å². The van der Waals surface area contributed by atoms with Crippen molar-refractivity contribution in [1.82, 2.24) is 5.09 Å². The van der Waals surface area contributed by atoms with Crippen molar-refractivity contribution in [2.75, 3.05) is 0 Å². The summed E-state index contributed by atoms with van der Waals surface area (Å²) >= 11 is 0. The van der Waals surface area contributed by atoms with Crippen LogP contribution in [-0.4, -0.2) is 0 Å². The number of rotatable bonds is 6. The molecule has 0 aliphatic carbocycles. The van der Waals surface area contributed by atoms with E-state index in [1.807, 2.05) is 105 Å². The number of nitriles is 1. The standard InChI is InChI=1S/C23H23N2OP/c1-19(2)23(18-24,20-12-6-3-7-13-20)25-27(26,21-14-8-4-9-15-21)22-16-10-5-11-17-22/h3-17,19H,1-2H3,(H,25,26)/t23-/m0/s1. The van der Waals surface area contributed by atoms with Crippen molar-refractivity contribution in [3.05, 3.63) is 96.6 Å². The molecule has 3 nitrogen and oxygen atoms in total. The van der Waals surface area contributed by atoms with Crippen molar-refractivity contribution in [2.24, 2.45) is 5.92 Å². The van der Waals surface area contributed by atoms with Gasteiger partial charge in [-0.2, -0.15) is 5.26 Å². The minimum atomic E-state index is -3.25. The molecule has 0 aliphatic rings. The van der Waals surface area contributed by atoms with Crippen LogP contribution in [0, 0.1) is 17.2 Å². The summed E-state index contributed by atoms with van der Waals surface area (Å²) in [6.45, 7) is 3.95. The van der Waals surface area contributed by atoms with E-state index in [4.69, 9.17) is 0 Å². The highest BCUT2D eigenvalue weighted by atomic mass is 31.2. The lowest BCUT2D eigenvalue weighted by atomic mass is 9.82. The monoisotopic (exact) mass is 374 g/mol. The molecule has 1 atom stereocenters. The van der Waals surface area contributed by atoms with Crippen LogP contribution in [0.15, 0.2) is 91.0 Å². The van der Waals surface area contributed by atoms with E-state index < -0.39 is 12.8 Å². The Kier molecular flexibility index (Phi) is 5.61. The van der Waals surface area contributed by atoms with E-state index >= 15 is 0 Å². The molecule has 0 spiro atoms. The molecule has 0 saturated heterocycles. The lowest BCUT2D eigenvalue weighted by Gasteiger charge is -2.36. The molecule has 0 heterocycles. The summed E-state index contributed by atoms with van der Waals surface area (Å²) in [6.07, 6.45) is 0. The number of benzene rings is 3. The highest BCUT2D eigenvalue weighted by Crippen LogP contribution is 2.45. The molecule has 3 rings (SSSR count). The minimum absolute atomic E-state index is 0.0920. The van der Waals surface area contributed by atoms with Crippen molar-refractivity contribution in [3.63, 3.8) is 0 Å². The highest BCUT2D eigenvalue weighted by molar-refractivity contribution is 7.77. The van der Waals surface area contributed by atoms with Crippen molar-refractivity contribution < 1.29 is 4.57 Å². The maximum Gasteiger partial charge on any atom is 0.206 e. The summed E-state index contributed by atoms with van der Waals surface area (Å²) < 4.78 is 14.4. The van der Waals surface area contributed by atoms with Gasteiger partial charge in [0.1, 0.15) is 5.54 Å². The van der Waals surface area contributed by atoms with Gasteiger partial charge in [0.05, 0.1) is 6.07 Å². The van der Waals surface area contributed by atoms with Crippen molar-refractivity contribution in [3.8, 4) is 6.07 Å². The molecule has 0 bridgehead atoms. The van der Waals surface area contributed by atoms with Crippen LogP contribution in [0.2, 0.25) is 0 Å². The number of hydrogen-bond donors (Lipinski definition) is 1. The fraction of sp³-hybridized carbons (Fsp3) is 0.174. The Hall–Kier alpha value is -2.66. The van der Waals surface area contributed by atoms with Crippen LogP contribution < -0.4 is 15.7 Å². The lowest BCUT2D eigenvalue weighted by Crippen LogP contribution is -2.47. The van der Waals surface area contributed by atoms with Crippen LogP contribution in [0.1, 0.15) is 19.4 Å². The molecule has 0 saturated carbocycles. The van der Waals surface area contributed by atoms with Gasteiger partial charge in [-0.3, -0.25) is 4.57 Å². The van der Waals surface area contributed by atoms with Gasteiger partial charge in [-0.25, -0.2) is 5.09 Å². The first-order valence-corrected chi connectivity index (χ1v) is 10.7. The third kappa shape index (κ3) is 3.60. The quantitative estimate of drug-likeness (QED) is 0.643. The van der Waals surface area contributed by atoms with Gasteiger partial charge < -0.3 is 0 Å². The van der Waals surface area contributed by atoms with E-state index in [1.54, 1.807) is 0 Å². The molecule has 3 aromatic carbocycles. The van der Waals surface area contributed by atoms with Crippen LogP contribution in [0.3, 0.4) is 0 Å². The van der Waals surface area contributed by atoms with Gasteiger partial charge >= 0.3 is 0 Å². The molecule has 3 aromatic rings. The molecule has 1 N–H and O–H groups in total. The van der Waals surface area contributed by atoms with Gasteiger partial charge in [0.15, 0.2) is 0 Å². The molecule has 0 unspecified atom stereocenters. The first kappa shape index (κ1) is 19.1. The van der Waals surface area contributed by atoms with Crippen LogP contribution >= 0.6 is 7.29 Å². The van der Waals surface area contributed by atoms with Crippen LogP contribution in [0.25, 0.3) is 0 Å². The second-order valence-corrected chi connectivity index (χ2v) is 9.31. The fourth-order valence-corrected chi connectivity index (χ4v) is 5.92. The summed E-state index contributed by atoms with van der Waals surface area (Å²) in [4.78, 5) is 0. The smallest absolute Gasteiger partial charge is 0.206 e. The van der Waals surface area contributed by atoms with Crippen LogP contribution in [-0.2, 0) is 10.1 Å². The van der Waals surface area contributed by atoms with E-state index in [1.165, 1.54) is 0 Å². The van der Waals surface area contributed by atoms with Crippen molar-refractivity contribution in [1.29, 1.82) is 5.26 Å². The predicted molar refractivity (Wildman–Crippen MR) is 111 cm³/mol. The molecule has 27 heavy (non-hydrogen) atoms. The maximum atomic E-state index is 14.4. The van der Waals surface area contributed by atoms with E-state index in [0.717, 1.165) is 5.56 Å². The Morgan fingerprint density at radius 2 is 1.22 bits per heavy atom. The number of nitrogens with zero attached hydrogens (tertiary/aromatic N) is 1.